The minimum Gasteiger partial charge on any atom is -0.383 e. The number of nitrogens with one attached hydrogen (secondary N) is 2. The second-order valence-electron chi connectivity index (χ2n) is 8.14. The van der Waals surface area contributed by atoms with Crippen LogP contribution in [0.15, 0.2) is 42.9 Å². The van der Waals surface area contributed by atoms with E-state index in [9.17, 15) is 4.79 Å². The van der Waals surface area contributed by atoms with Gasteiger partial charge in [-0.15, -0.1) is 0 Å². The Bertz CT molecular complexity index is 1040. The van der Waals surface area contributed by atoms with Gasteiger partial charge >= 0.3 is 6.03 Å². The van der Waals surface area contributed by atoms with Gasteiger partial charge in [-0.05, 0) is 31.0 Å². The van der Waals surface area contributed by atoms with Gasteiger partial charge in [0, 0.05) is 45.2 Å². The number of fused-ring (bicyclic) bond motifs is 1. The van der Waals surface area contributed by atoms with Crippen LogP contribution in [0.4, 0.5) is 16.3 Å². The number of nitrogens with two attached hydrogens (primary N) is 1. The van der Waals surface area contributed by atoms with Gasteiger partial charge in [0.05, 0.1) is 17.5 Å². The lowest BCUT2D eigenvalue weighted by molar-refractivity contribution is 0.144. The van der Waals surface area contributed by atoms with Crippen LogP contribution in [0.2, 0.25) is 0 Å². The SMILES string of the molecule is COCCN(CC1(N)CCN(c2ncnc3[nH]cc(C)c23)C1)C(=O)Nc1ccccc1. The number of carbonyl (C=O) groups is 1. The number of benzene rings is 1. The number of aryl methyl sites for hydroxylation is 1. The highest BCUT2D eigenvalue weighted by atomic mass is 16.5. The van der Waals surface area contributed by atoms with Crippen LogP contribution >= 0.6 is 0 Å². The predicted molar refractivity (Wildman–Crippen MR) is 121 cm³/mol. The maximum Gasteiger partial charge on any atom is 0.321 e. The predicted octanol–water partition coefficient (Wildman–Crippen LogP) is 2.35. The molecule has 4 rings (SSSR count). The van der Waals surface area contributed by atoms with Crippen molar-refractivity contribution in [3.8, 4) is 0 Å². The summed E-state index contributed by atoms with van der Waals surface area (Å²) in [6.45, 7) is 4.74. The van der Waals surface area contributed by atoms with Gasteiger partial charge in [-0.25, -0.2) is 14.8 Å². The number of hydrogen-bond acceptors (Lipinski definition) is 6. The van der Waals surface area contributed by atoms with Crippen LogP contribution in [-0.2, 0) is 4.74 Å². The number of aromatic amines is 1. The Morgan fingerprint density at radius 1 is 1.35 bits per heavy atom. The number of urea groups is 1. The lowest BCUT2D eigenvalue weighted by atomic mass is 9.99. The van der Waals surface area contributed by atoms with Crippen LogP contribution in [0, 0.1) is 6.92 Å². The molecule has 31 heavy (non-hydrogen) atoms. The number of ether oxygens (including phenoxy) is 1. The number of methoxy groups -OCH3 is 1. The van der Waals surface area contributed by atoms with Crippen LogP contribution in [0.1, 0.15) is 12.0 Å². The van der Waals surface area contributed by atoms with E-state index in [1.807, 2.05) is 43.5 Å². The zero-order valence-electron chi connectivity index (χ0n) is 18.0. The normalized spacial score (nSPS) is 18.5. The van der Waals surface area contributed by atoms with E-state index in [0.29, 0.717) is 26.2 Å². The number of amides is 2. The molecule has 3 heterocycles. The Hall–Kier alpha value is -3.17. The van der Waals surface area contributed by atoms with Gasteiger partial charge in [0.2, 0.25) is 0 Å². The van der Waals surface area contributed by atoms with Gasteiger partial charge < -0.3 is 30.6 Å². The van der Waals surface area contributed by atoms with Gasteiger partial charge in [-0.1, -0.05) is 18.2 Å². The van der Waals surface area contributed by atoms with Gasteiger partial charge in [-0.2, -0.15) is 0 Å². The molecule has 2 aromatic heterocycles. The van der Waals surface area contributed by atoms with Crippen molar-refractivity contribution >= 4 is 28.6 Å². The van der Waals surface area contributed by atoms with Gasteiger partial charge in [0.15, 0.2) is 0 Å². The first-order chi connectivity index (χ1) is 15.0. The van der Waals surface area contributed by atoms with Crippen molar-refractivity contribution < 1.29 is 9.53 Å². The molecule has 1 fully saturated rings. The molecule has 1 aromatic carbocycles. The first-order valence-corrected chi connectivity index (χ1v) is 10.4. The van der Waals surface area contributed by atoms with E-state index >= 15 is 0 Å². The molecule has 1 aliphatic rings. The lowest BCUT2D eigenvalue weighted by Gasteiger charge is -2.32. The van der Waals surface area contributed by atoms with Crippen molar-refractivity contribution in [2.45, 2.75) is 18.9 Å². The Kier molecular flexibility index (Phi) is 6.06. The summed E-state index contributed by atoms with van der Waals surface area (Å²) in [6, 6.07) is 9.23. The second-order valence-corrected chi connectivity index (χ2v) is 8.14. The van der Waals surface area contributed by atoms with E-state index in [0.717, 1.165) is 41.1 Å². The first kappa shape index (κ1) is 21.1. The van der Waals surface area contributed by atoms with E-state index in [2.05, 4.69) is 25.2 Å². The van der Waals surface area contributed by atoms with Crippen molar-refractivity contribution in [3.05, 3.63) is 48.4 Å². The largest absolute Gasteiger partial charge is 0.383 e. The molecule has 0 radical (unpaired) electrons. The lowest BCUT2D eigenvalue weighted by Crippen LogP contribution is -2.55. The monoisotopic (exact) mass is 423 g/mol. The third-order valence-corrected chi connectivity index (χ3v) is 5.72. The second kappa shape index (κ2) is 8.91. The number of nitrogens with zero attached hydrogens (tertiary/aromatic N) is 4. The Balaban J connectivity index is 1.49. The van der Waals surface area contributed by atoms with Crippen LogP contribution in [0.5, 0.6) is 0 Å². The van der Waals surface area contributed by atoms with Crippen molar-refractivity contribution in [2.75, 3.05) is 50.1 Å². The van der Waals surface area contributed by atoms with E-state index in [1.54, 1.807) is 18.3 Å². The van der Waals surface area contributed by atoms with Gasteiger partial charge in [-0.3, -0.25) is 0 Å². The summed E-state index contributed by atoms with van der Waals surface area (Å²) in [5, 5.41) is 3.97. The molecule has 0 aliphatic carbocycles. The number of para-hydroxylation sites is 1. The summed E-state index contributed by atoms with van der Waals surface area (Å²) < 4.78 is 5.22. The van der Waals surface area contributed by atoms with Crippen LogP contribution in [-0.4, -0.2) is 71.3 Å². The zero-order valence-corrected chi connectivity index (χ0v) is 18.0. The standard InChI is InChI=1S/C22H29N7O2/c1-16-12-24-19-18(16)20(26-15-25-19)28-9-8-22(23,13-28)14-29(10-11-31-2)21(30)27-17-6-4-3-5-7-17/h3-7,12,15H,8-11,13-14,23H2,1-2H3,(H,27,30)(H,24,25,26). The zero-order chi connectivity index (χ0) is 21.8. The molecule has 0 spiro atoms. The molecule has 2 amide bonds. The molecule has 3 aromatic rings. The fourth-order valence-electron chi connectivity index (χ4n) is 4.10. The molecular formula is C22H29N7O2. The van der Waals surface area contributed by atoms with Crippen LogP contribution in [0.25, 0.3) is 11.0 Å². The molecule has 164 valence electrons. The smallest absolute Gasteiger partial charge is 0.321 e. The minimum atomic E-state index is -0.552. The number of carbonyl (C=O) groups excluding carboxylic acids is 1. The van der Waals surface area contributed by atoms with E-state index < -0.39 is 5.54 Å². The Morgan fingerprint density at radius 3 is 2.94 bits per heavy atom. The molecule has 1 saturated heterocycles. The third kappa shape index (κ3) is 4.62. The third-order valence-electron chi connectivity index (χ3n) is 5.72. The van der Waals surface area contributed by atoms with E-state index in [1.165, 1.54) is 0 Å². The molecule has 4 N–H and O–H groups in total. The fourth-order valence-corrected chi connectivity index (χ4v) is 4.10. The van der Waals surface area contributed by atoms with E-state index in [4.69, 9.17) is 10.5 Å². The molecule has 1 unspecified atom stereocenters. The first-order valence-electron chi connectivity index (χ1n) is 10.4. The highest BCUT2D eigenvalue weighted by Gasteiger charge is 2.38. The van der Waals surface area contributed by atoms with Crippen molar-refractivity contribution in [1.82, 2.24) is 19.9 Å². The molecule has 0 bridgehead atoms. The van der Waals surface area contributed by atoms with Gasteiger partial charge in [0.1, 0.15) is 17.8 Å². The van der Waals surface area contributed by atoms with Crippen molar-refractivity contribution in [2.24, 2.45) is 5.73 Å². The van der Waals surface area contributed by atoms with E-state index in [-0.39, 0.29) is 6.03 Å². The maximum absolute atomic E-state index is 13.0. The highest BCUT2D eigenvalue weighted by Crippen LogP contribution is 2.31. The molecule has 9 nitrogen and oxygen atoms in total. The van der Waals surface area contributed by atoms with Crippen molar-refractivity contribution in [1.29, 1.82) is 0 Å². The molecule has 9 heteroatoms. The molecule has 1 atom stereocenters. The highest BCUT2D eigenvalue weighted by molar-refractivity contribution is 5.91. The number of H-pyrrole nitrogens is 1. The number of aromatic nitrogens is 3. The summed E-state index contributed by atoms with van der Waals surface area (Å²) in [5.74, 6) is 0.883. The fraction of sp³-hybridized carbons (Fsp3) is 0.409. The minimum absolute atomic E-state index is 0.183. The molecular weight excluding hydrogens is 394 g/mol. The number of hydrogen-bond donors (Lipinski definition) is 3. The summed E-state index contributed by atoms with van der Waals surface area (Å²) in [7, 11) is 1.63. The molecule has 1 aliphatic heterocycles. The topological polar surface area (TPSA) is 112 Å². The summed E-state index contributed by atoms with van der Waals surface area (Å²) in [5.41, 5.74) is 8.91. The summed E-state index contributed by atoms with van der Waals surface area (Å²) in [6.07, 6.45) is 4.27. The molecule has 0 saturated carbocycles. The number of anilines is 2. The number of rotatable bonds is 7. The Morgan fingerprint density at radius 2 is 2.16 bits per heavy atom. The average Bonchev–Trinajstić information content (AvgIpc) is 3.35. The average molecular weight is 424 g/mol. The quantitative estimate of drug-likeness (QED) is 0.538. The maximum atomic E-state index is 13.0. The van der Waals surface area contributed by atoms with Gasteiger partial charge in [0.25, 0.3) is 0 Å². The Labute approximate surface area is 181 Å². The summed E-state index contributed by atoms with van der Waals surface area (Å²) >= 11 is 0. The van der Waals surface area contributed by atoms with Crippen LogP contribution < -0.4 is 16.0 Å². The summed E-state index contributed by atoms with van der Waals surface area (Å²) in [4.78, 5) is 28.9. The van der Waals surface area contributed by atoms with Crippen LogP contribution in [0.3, 0.4) is 0 Å². The van der Waals surface area contributed by atoms with Crippen molar-refractivity contribution in [3.63, 3.8) is 0 Å².